The van der Waals surface area contributed by atoms with Crippen LogP contribution in [0.1, 0.15) is 11.3 Å². The summed E-state index contributed by atoms with van der Waals surface area (Å²) in [6, 6.07) is 8.29. The van der Waals surface area contributed by atoms with Crippen LogP contribution < -0.4 is 5.73 Å². The Bertz CT molecular complexity index is 559. The third-order valence-corrected chi connectivity index (χ3v) is 3.20. The Balaban J connectivity index is 2.12. The van der Waals surface area contributed by atoms with E-state index in [0.29, 0.717) is 6.54 Å². The van der Waals surface area contributed by atoms with Gasteiger partial charge in [-0.25, -0.2) is 0 Å². The number of carbonyl (C=O) groups is 1. The van der Waals surface area contributed by atoms with Crippen LogP contribution in [0.25, 0.3) is 10.9 Å². The van der Waals surface area contributed by atoms with Gasteiger partial charge in [0, 0.05) is 23.1 Å². The maximum absolute atomic E-state index is 10.8. The molecule has 0 bridgehead atoms. The van der Waals surface area contributed by atoms with Crippen LogP contribution in [0.5, 0.6) is 0 Å². The number of aromatic amines is 1. The monoisotopic (exact) mass is 245 g/mol. The van der Waals surface area contributed by atoms with E-state index in [-0.39, 0.29) is 5.91 Å². The normalized spacial score (nSPS) is 11.3. The topological polar surface area (TPSA) is 62.1 Å². The summed E-state index contributed by atoms with van der Waals surface area (Å²) in [6.07, 6.45) is 0.916. The molecule has 2 aromatic rings. The average Bonchev–Trinajstić information content (AvgIpc) is 2.61. The molecular weight excluding hydrogens is 226 g/mol. The number of hydrogen-bond acceptors (Lipinski definition) is 2. The highest BCUT2D eigenvalue weighted by Gasteiger charge is 2.09. The van der Waals surface area contributed by atoms with Crippen LogP contribution in [0.15, 0.2) is 24.3 Å². The third-order valence-electron chi connectivity index (χ3n) is 3.20. The van der Waals surface area contributed by atoms with Gasteiger partial charge >= 0.3 is 0 Å². The fraction of sp³-hybridized carbons (Fsp3) is 0.357. The lowest BCUT2D eigenvalue weighted by molar-refractivity contribution is -0.118. The highest BCUT2D eigenvalue weighted by molar-refractivity contribution is 5.84. The highest BCUT2D eigenvalue weighted by Crippen LogP contribution is 2.22. The summed E-state index contributed by atoms with van der Waals surface area (Å²) < 4.78 is 0. The Kier molecular flexibility index (Phi) is 3.67. The summed E-state index contributed by atoms with van der Waals surface area (Å²) in [5.41, 5.74) is 8.86. The second-order valence-corrected chi connectivity index (χ2v) is 4.73. The lowest BCUT2D eigenvalue weighted by atomic mass is 10.1. The quantitative estimate of drug-likeness (QED) is 0.837. The first-order chi connectivity index (χ1) is 8.58. The molecule has 2 rings (SSSR count). The number of nitrogens with zero attached hydrogens (tertiary/aromatic N) is 1. The lowest BCUT2D eigenvalue weighted by Crippen LogP contribution is -2.32. The van der Waals surface area contributed by atoms with E-state index < -0.39 is 0 Å². The fourth-order valence-corrected chi connectivity index (χ4v) is 2.30. The smallest absolute Gasteiger partial charge is 0.231 e. The van der Waals surface area contributed by atoms with Crippen molar-refractivity contribution in [2.24, 2.45) is 5.73 Å². The summed E-state index contributed by atoms with van der Waals surface area (Å²) >= 11 is 0. The molecule has 0 unspecified atom stereocenters. The number of amides is 1. The van der Waals surface area contributed by atoms with Gasteiger partial charge in [-0.15, -0.1) is 0 Å². The summed E-state index contributed by atoms with van der Waals surface area (Å²) in [7, 11) is 1.91. The number of para-hydroxylation sites is 1. The fourth-order valence-electron chi connectivity index (χ4n) is 2.30. The molecule has 0 atom stereocenters. The molecule has 0 fully saturated rings. The number of carbonyl (C=O) groups excluding carboxylic acids is 1. The average molecular weight is 245 g/mol. The van der Waals surface area contributed by atoms with Gasteiger partial charge in [-0.3, -0.25) is 9.69 Å². The third kappa shape index (κ3) is 2.71. The van der Waals surface area contributed by atoms with Gasteiger partial charge in [0.25, 0.3) is 0 Å². The van der Waals surface area contributed by atoms with E-state index in [9.17, 15) is 4.79 Å². The molecule has 3 N–H and O–H groups in total. The van der Waals surface area contributed by atoms with Gasteiger partial charge < -0.3 is 10.7 Å². The first-order valence-electron chi connectivity index (χ1n) is 6.11. The van der Waals surface area contributed by atoms with Crippen molar-refractivity contribution in [1.82, 2.24) is 9.88 Å². The number of aryl methyl sites for hydroxylation is 1. The predicted molar refractivity (Wildman–Crippen MR) is 73.4 cm³/mol. The number of likely N-dealkylation sites (N-methyl/N-ethyl adjacent to an activating group) is 1. The van der Waals surface area contributed by atoms with Crippen LogP contribution in [-0.4, -0.2) is 35.9 Å². The lowest BCUT2D eigenvalue weighted by Gasteiger charge is -2.14. The standard InChI is InChI=1S/C14H19N3O/c1-10-11(7-8-17(2)9-14(15)18)12-5-3-4-6-13(12)16-10/h3-6,16H,7-9H2,1-2H3,(H2,15,18). The van der Waals surface area contributed by atoms with Gasteiger partial charge in [-0.2, -0.15) is 0 Å². The number of nitrogens with two attached hydrogens (primary N) is 1. The number of aromatic nitrogens is 1. The molecule has 0 aliphatic heterocycles. The summed E-state index contributed by atoms with van der Waals surface area (Å²) in [6.45, 7) is 3.22. The number of hydrogen-bond donors (Lipinski definition) is 2. The van der Waals surface area contributed by atoms with Crippen molar-refractivity contribution >= 4 is 16.8 Å². The molecule has 0 saturated carbocycles. The van der Waals surface area contributed by atoms with E-state index in [1.54, 1.807) is 0 Å². The second kappa shape index (κ2) is 5.23. The molecule has 0 aliphatic carbocycles. The number of nitrogens with one attached hydrogen (secondary N) is 1. The van der Waals surface area contributed by atoms with Crippen LogP contribution in [0.4, 0.5) is 0 Å². The van der Waals surface area contributed by atoms with Crippen molar-refractivity contribution in [3.05, 3.63) is 35.5 Å². The molecule has 1 aromatic heterocycles. The van der Waals surface area contributed by atoms with Crippen LogP contribution >= 0.6 is 0 Å². The Morgan fingerprint density at radius 2 is 2.11 bits per heavy atom. The molecule has 96 valence electrons. The maximum Gasteiger partial charge on any atom is 0.231 e. The van der Waals surface area contributed by atoms with Gasteiger partial charge in [0.1, 0.15) is 0 Å². The summed E-state index contributed by atoms with van der Waals surface area (Å²) in [5.74, 6) is -0.284. The van der Waals surface area contributed by atoms with Crippen LogP contribution in [0.3, 0.4) is 0 Å². The minimum atomic E-state index is -0.284. The van der Waals surface area contributed by atoms with Gasteiger partial charge in [-0.1, -0.05) is 18.2 Å². The summed E-state index contributed by atoms with van der Waals surface area (Å²) in [5, 5.41) is 1.27. The maximum atomic E-state index is 10.8. The first-order valence-corrected chi connectivity index (χ1v) is 6.11. The number of H-pyrrole nitrogens is 1. The zero-order chi connectivity index (χ0) is 13.1. The number of primary amides is 1. The SMILES string of the molecule is Cc1[nH]c2ccccc2c1CCN(C)CC(N)=O. The van der Waals surface area contributed by atoms with Crippen LogP contribution in [0.2, 0.25) is 0 Å². The molecule has 0 radical (unpaired) electrons. The first kappa shape index (κ1) is 12.6. The Morgan fingerprint density at radius 3 is 2.83 bits per heavy atom. The molecule has 4 heteroatoms. The molecule has 1 aromatic carbocycles. The van der Waals surface area contributed by atoms with E-state index in [4.69, 9.17) is 5.73 Å². The molecule has 1 heterocycles. The second-order valence-electron chi connectivity index (χ2n) is 4.73. The van der Waals surface area contributed by atoms with Gasteiger partial charge in [0.15, 0.2) is 0 Å². The molecule has 0 aliphatic rings. The Hall–Kier alpha value is -1.81. The van der Waals surface area contributed by atoms with Gasteiger partial charge in [-0.05, 0) is 32.0 Å². The van der Waals surface area contributed by atoms with Crippen molar-refractivity contribution in [2.45, 2.75) is 13.3 Å². The van der Waals surface area contributed by atoms with Crippen molar-refractivity contribution in [3.63, 3.8) is 0 Å². The molecule has 0 spiro atoms. The van der Waals surface area contributed by atoms with Crippen LogP contribution in [-0.2, 0) is 11.2 Å². The molecule has 18 heavy (non-hydrogen) atoms. The van der Waals surface area contributed by atoms with Crippen molar-refractivity contribution < 1.29 is 4.79 Å². The summed E-state index contributed by atoms with van der Waals surface area (Å²) in [4.78, 5) is 16.2. The zero-order valence-electron chi connectivity index (χ0n) is 10.9. The molecule has 1 amide bonds. The van der Waals surface area contributed by atoms with E-state index in [0.717, 1.165) is 13.0 Å². The zero-order valence-corrected chi connectivity index (χ0v) is 10.9. The van der Waals surface area contributed by atoms with Gasteiger partial charge in [0.05, 0.1) is 6.54 Å². The molecule has 0 saturated heterocycles. The predicted octanol–water partition coefficient (Wildman–Crippen LogP) is 1.44. The van der Waals surface area contributed by atoms with E-state index in [1.807, 2.05) is 24.1 Å². The Labute approximate surface area is 107 Å². The van der Waals surface area contributed by atoms with Crippen molar-refractivity contribution in [1.29, 1.82) is 0 Å². The highest BCUT2D eigenvalue weighted by atomic mass is 16.1. The van der Waals surface area contributed by atoms with E-state index >= 15 is 0 Å². The van der Waals surface area contributed by atoms with E-state index in [1.165, 1.54) is 22.2 Å². The van der Waals surface area contributed by atoms with E-state index in [2.05, 4.69) is 24.0 Å². The van der Waals surface area contributed by atoms with Crippen molar-refractivity contribution in [3.8, 4) is 0 Å². The number of rotatable bonds is 5. The minimum Gasteiger partial charge on any atom is -0.369 e. The largest absolute Gasteiger partial charge is 0.369 e. The number of fused-ring (bicyclic) bond motifs is 1. The number of benzene rings is 1. The van der Waals surface area contributed by atoms with Crippen molar-refractivity contribution in [2.75, 3.05) is 20.1 Å². The van der Waals surface area contributed by atoms with Gasteiger partial charge in [0.2, 0.25) is 5.91 Å². The molecular formula is C14H19N3O. The molecule has 4 nitrogen and oxygen atoms in total. The Morgan fingerprint density at radius 1 is 1.39 bits per heavy atom. The van der Waals surface area contributed by atoms with Crippen LogP contribution in [0, 0.1) is 6.92 Å². The minimum absolute atomic E-state index is 0.284.